The average molecular weight is 476 g/mol. The maximum absolute atomic E-state index is 6.10. The molecule has 3 aromatic rings. The Morgan fingerprint density at radius 1 is 1.19 bits per heavy atom. The van der Waals surface area contributed by atoms with Gasteiger partial charge in [-0.2, -0.15) is 0 Å². The Bertz CT molecular complexity index is 819. The lowest BCUT2D eigenvalue weighted by Gasteiger charge is -2.06. The molecular formula is C15H9BrClIN2O. The first kappa shape index (κ1) is 14.9. The summed E-state index contributed by atoms with van der Waals surface area (Å²) in [6.45, 7) is 0. The summed E-state index contributed by atoms with van der Waals surface area (Å²) >= 11 is 11.8. The predicted octanol–water partition coefficient (Wildman–Crippen LogP) is 5.61. The highest BCUT2D eigenvalue weighted by Crippen LogP contribution is 2.39. The number of hydrogen-bond acceptors (Lipinski definition) is 3. The molecule has 3 rings (SSSR count). The summed E-state index contributed by atoms with van der Waals surface area (Å²) < 4.78 is 7.20. The molecule has 0 amide bonds. The van der Waals surface area contributed by atoms with Crippen LogP contribution in [-0.2, 0) is 0 Å². The summed E-state index contributed by atoms with van der Waals surface area (Å²) in [6.07, 6.45) is 0. The Hall–Kier alpha value is -1.05. The van der Waals surface area contributed by atoms with Crippen molar-refractivity contribution in [1.82, 2.24) is 5.16 Å². The summed E-state index contributed by atoms with van der Waals surface area (Å²) in [5.74, 6) is 0.291. The van der Waals surface area contributed by atoms with Gasteiger partial charge in [0.2, 0.25) is 5.88 Å². The molecule has 0 aliphatic carbocycles. The van der Waals surface area contributed by atoms with E-state index in [0.717, 1.165) is 24.7 Å². The van der Waals surface area contributed by atoms with Crippen LogP contribution in [0.5, 0.6) is 0 Å². The van der Waals surface area contributed by atoms with Crippen LogP contribution in [0.3, 0.4) is 0 Å². The first-order valence-corrected chi connectivity index (χ1v) is 8.28. The Morgan fingerprint density at radius 2 is 2.00 bits per heavy atom. The highest BCUT2D eigenvalue weighted by Gasteiger charge is 2.19. The van der Waals surface area contributed by atoms with E-state index in [2.05, 4.69) is 43.7 Å². The van der Waals surface area contributed by atoms with Gasteiger partial charge in [-0.3, -0.25) is 0 Å². The number of nitrogens with two attached hydrogens (primary N) is 1. The maximum atomic E-state index is 6.10. The molecule has 0 aliphatic heterocycles. The van der Waals surface area contributed by atoms with Gasteiger partial charge in [0, 0.05) is 18.6 Å². The predicted molar refractivity (Wildman–Crippen MR) is 97.2 cm³/mol. The number of benzene rings is 2. The van der Waals surface area contributed by atoms with E-state index in [1.54, 1.807) is 0 Å². The van der Waals surface area contributed by atoms with Crippen LogP contribution in [0.15, 0.2) is 51.5 Å². The summed E-state index contributed by atoms with van der Waals surface area (Å²) in [4.78, 5) is 0. The zero-order chi connectivity index (χ0) is 15.0. The van der Waals surface area contributed by atoms with Crippen LogP contribution in [0.2, 0.25) is 5.02 Å². The van der Waals surface area contributed by atoms with Crippen LogP contribution in [0.1, 0.15) is 0 Å². The first-order chi connectivity index (χ1) is 10.1. The van der Waals surface area contributed by atoms with Gasteiger partial charge in [0.25, 0.3) is 0 Å². The number of aromatic nitrogens is 1. The molecule has 0 bridgehead atoms. The normalized spacial score (nSPS) is 10.8. The zero-order valence-corrected chi connectivity index (χ0v) is 15.1. The summed E-state index contributed by atoms with van der Waals surface area (Å²) in [6, 6.07) is 13.5. The molecule has 2 N–H and O–H groups in total. The van der Waals surface area contributed by atoms with E-state index < -0.39 is 0 Å². The molecule has 0 radical (unpaired) electrons. The molecule has 3 nitrogen and oxygen atoms in total. The molecule has 0 atom stereocenters. The quantitative estimate of drug-likeness (QED) is 0.490. The van der Waals surface area contributed by atoms with E-state index >= 15 is 0 Å². The van der Waals surface area contributed by atoms with Crippen LogP contribution in [0.4, 0.5) is 5.88 Å². The Kier molecular flexibility index (Phi) is 4.24. The van der Waals surface area contributed by atoms with Gasteiger partial charge < -0.3 is 10.3 Å². The van der Waals surface area contributed by atoms with Crippen LogP contribution in [-0.4, -0.2) is 5.16 Å². The average Bonchev–Trinajstić information content (AvgIpc) is 2.83. The van der Waals surface area contributed by atoms with Crippen molar-refractivity contribution in [3.05, 3.63) is 55.5 Å². The summed E-state index contributed by atoms with van der Waals surface area (Å²) in [7, 11) is 0. The van der Waals surface area contributed by atoms with Crippen LogP contribution in [0, 0.1) is 3.57 Å². The molecule has 6 heteroatoms. The fourth-order valence-corrected chi connectivity index (χ4v) is 3.25. The maximum Gasteiger partial charge on any atom is 0.230 e. The van der Waals surface area contributed by atoms with Gasteiger partial charge in [0.1, 0.15) is 5.69 Å². The minimum atomic E-state index is 0.291. The Morgan fingerprint density at radius 3 is 2.76 bits per heavy atom. The van der Waals surface area contributed by atoms with Crippen molar-refractivity contribution in [2.24, 2.45) is 0 Å². The minimum absolute atomic E-state index is 0.291. The molecule has 21 heavy (non-hydrogen) atoms. The van der Waals surface area contributed by atoms with Crippen LogP contribution in [0.25, 0.3) is 22.4 Å². The van der Waals surface area contributed by atoms with Gasteiger partial charge in [0.15, 0.2) is 0 Å². The van der Waals surface area contributed by atoms with Crippen molar-refractivity contribution in [3.63, 3.8) is 0 Å². The van der Waals surface area contributed by atoms with Gasteiger partial charge in [-0.15, -0.1) is 0 Å². The molecule has 1 heterocycles. The third-order valence-corrected chi connectivity index (χ3v) is 4.68. The standard InChI is InChI=1S/C15H9BrClIN2O/c16-9-3-1-2-8(6-9)13-14(20-21-15(13)19)11-7-10(17)4-5-12(11)18/h1-7H,19H2. The van der Waals surface area contributed by atoms with Crippen molar-refractivity contribution >= 4 is 56.0 Å². The third-order valence-electron chi connectivity index (χ3n) is 3.02. The van der Waals surface area contributed by atoms with Crippen molar-refractivity contribution in [2.75, 3.05) is 5.73 Å². The number of nitrogens with zero attached hydrogens (tertiary/aromatic N) is 1. The molecule has 106 valence electrons. The fraction of sp³-hybridized carbons (Fsp3) is 0. The monoisotopic (exact) mass is 474 g/mol. The second-order valence-corrected chi connectivity index (χ2v) is 6.92. The van der Waals surface area contributed by atoms with Crippen molar-refractivity contribution in [2.45, 2.75) is 0 Å². The fourth-order valence-electron chi connectivity index (χ4n) is 2.09. The molecule has 1 aromatic heterocycles. The number of nitrogen functional groups attached to an aromatic ring is 1. The summed E-state index contributed by atoms with van der Waals surface area (Å²) in [5.41, 5.74) is 9.28. The zero-order valence-electron chi connectivity index (χ0n) is 10.6. The van der Waals surface area contributed by atoms with E-state index in [0.29, 0.717) is 16.6 Å². The topological polar surface area (TPSA) is 52.0 Å². The van der Waals surface area contributed by atoms with Gasteiger partial charge >= 0.3 is 0 Å². The second-order valence-electron chi connectivity index (χ2n) is 4.40. The third kappa shape index (κ3) is 2.95. The Balaban J connectivity index is 2.24. The molecule has 0 fully saturated rings. The lowest BCUT2D eigenvalue weighted by atomic mass is 10.0. The van der Waals surface area contributed by atoms with Crippen LogP contribution >= 0.6 is 50.1 Å². The molecular weight excluding hydrogens is 466 g/mol. The van der Waals surface area contributed by atoms with E-state index in [1.165, 1.54) is 0 Å². The molecule has 0 spiro atoms. The largest absolute Gasteiger partial charge is 0.367 e. The highest BCUT2D eigenvalue weighted by atomic mass is 127. The number of anilines is 1. The van der Waals surface area contributed by atoms with Crippen molar-refractivity contribution in [3.8, 4) is 22.4 Å². The second kappa shape index (κ2) is 5.98. The van der Waals surface area contributed by atoms with Crippen molar-refractivity contribution < 1.29 is 4.52 Å². The lowest BCUT2D eigenvalue weighted by molar-refractivity contribution is 0.439. The molecule has 0 aliphatic rings. The molecule has 0 saturated carbocycles. The van der Waals surface area contributed by atoms with Gasteiger partial charge in [-0.1, -0.05) is 44.8 Å². The molecule has 0 unspecified atom stereocenters. The lowest BCUT2D eigenvalue weighted by Crippen LogP contribution is -1.89. The van der Waals surface area contributed by atoms with E-state index in [4.69, 9.17) is 21.9 Å². The SMILES string of the molecule is Nc1onc(-c2cc(Cl)ccc2I)c1-c1cccc(Br)c1. The Labute approximate surface area is 148 Å². The van der Waals surface area contributed by atoms with E-state index in [1.807, 2.05) is 42.5 Å². The van der Waals surface area contributed by atoms with Crippen LogP contribution < -0.4 is 5.73 Å². The summed E-state index contributed by atoms with van der Waals surface area (Å²) in [5, 5.41) is 4.76. The minimum Gasteiger partial charge on any atom is -0.367 e. The van der Waals surface area contributed by atoms with Gasteiger partial charge in [-0.05, 0) is 58.5 Å². The first-order valence-electron chi connectivity index (χ1n) is 6.03. The molecule has 2 aromatic carbocycles. The highest BCUT2D eigenvalue weighted by molar-refractivity contribution is 14.1. The number of hydrogen-bond donors (Lipinski definition) is 1. The van der Waals surface area contributed by atoms with Gasteiger partial charge in [-0.25, -0.2) is 0 Å². The number of rotatable bonds is 2. The van der Waals surface area contributed by atoms with E-state index in [9.17, 15) is 0 Å². The van der Waals surface area contributed by atoms with Crippen molar-refractivity contribution in [1.29, 1.82) is 0 Å². The van der Waals surface area contributed by atoms with Gasteiger partial charge in [0.05, 0.1) is 5.56 Å². The smallest absolute Gasteiger partial charge is 0.230 e. The molecule has 0 saturated heterocycles. The number of halogens is 3. The van der Waals surface area contributed by atoms with E-state index in [-0.39, 0.29) is 0 Å².